The third-order valence-electron chi connectivity index (χ3n) is 3.06. The minimum atomic E-state index is -0.338. The van der Waals surface area contributed by atoms with Crippen molar-refractivity contribution >= 4 is 5.78 Å². The van der Waals surface area contributed by atoms with E-state index in [1.54, 1.807) is 6.07 Å². The molecule has 1 aromatic rings. The van der Waals surface area contributed by atoms with Gasteiger partial charge in [-0.15, -0.1) is 0 Å². The number of Topliss-reactive ketones (excluding diaryl/α,β-unsaturated/α-hetero) is 1. The SMILES string of the molecule is CCC(=O)CCCN(C)Cc1ccc(OC)c(F)c1. The number of ketones is 1. The topological polar surface area (TPSA) is 29.5 Å². The van der Waals surface area contributed by atoms with Crippen LogP contribution in [0.2, 0.25) is 0 Å². The van der Waals surface area contributed by atoms with Crippen LogP contribution in [-0.4, -0.2) is 31.4 Å². The molecular formula is C15H22FNO2. The van der Waals surface area contributed by atoms with E-state index < -0.39 is 0 Å². The molecule has 0 N–H and O–H groups in total. The van der Waals surface area contributed by atoms with Crippen LogP contribution in [0.1, 0.15) is 31.7 Å². The lowest BCUT2D eigenvalue weighted by atomic mass is 10.1. The molecule has 0 aromatic heterocycles. The Morgan fingerprint density at radius 2 is 2.16 bits per heavy atom. The Hall–Kier alpha value is -1.42. The summed E-state index contributed by atoms with van der Waals surface area (Å²) < 4.78 is 18.4. The van der Waals surface area contributed by atoms with Crippen molar-refractivity contribution in [3.8, 4) is 5.75 Å². The number of ether oxygens (including phenoxy) is 1. The van der Waals surface area contributed by atoms with Gasteiger partial charge in [-0.25, -0.2) is 4.39 Å². The van der Waals surface area contributed by atoms with Gasteiger partial charge in [0.1, 0.15) is 5.78 Å². The number of carbonyl (C=O) groups is 1. The molecule has 106 valence electrons. The number of hydrogen-bond donors (Lipinski definition) is 0. The van der Waals surface area contributed by atoms with Gasteiger partial charge >= 0.3 is 0 Å². The monoisotopic (exact) mass is 267 g/mol. The number of hydrogen-bond acceptors (Lipinski definition) is 3. The lowest BCUT2D eigenvalue weighted by Gasteiger charge is -2.16. The van der Waals surface area contributed by atoms with E-state index in [-0.39, 0.29) is 11.6 Å². The van der Waals surface area contributed by atoms with Crippen molar-refractivity contribution in [1.29, 1.82) is 0 Å². The number of halogens is 1. The predicted molar refractivity (Wildman–Crippen MR) is 73.8 cm³/mol. The lowest BCUT2D eigenvalue weighted by Crippen LogP contribution is -2.19. The third-order valence-corrected chi connectivity index (χ3v) is 3.06. The molecule has 1 rings (SSSR count). The van der Waals surface area contributed by atoms with E-state index >= 15 is 0 Å². The van der Waals surface area contributed by atoms with Gasteiger partial charge in [0.15, 0.2) is 11.6 Å². The Bertz CT molecular complexity index is 421. The van der Waals surface area contributed by atoms with E-state index in [0.29, 0.717) is 25.2 Å². The van der Waals surface area contributed by atoms with Crippen LogP contribution in [0.5, 0.6) is 5.75 Å². The second-order valence-electron chi connectivity index (χ2n) is 4.70. The molecular weight excluding hydrogens is 245 g/mol. The van der Waals surface area contributed by atoms with Crippen molar-refractivity contribution in [2.45, 2.75) is 32.7 Å². The number of carbonyl (C=O) groups excluding carboxylic acids is 1. The van der Waals surface area contributed by atoms with E-state index in [2.05, 4.69) is 4.90 Å². The molecule has 0 spiro atoms. The first-order valence-electron chi connectivity index (χ1n) is 6.59. The Kier molecular flexibility index (Phi) is 6.50. The molecule has 1 aromatic carbocycles. The highest BCUT2D eigenvalue weighted by Gasteiger charge is 2.06. The van der Waals surface area contributed by atoms with E-state index in [1.165, 1.54) is 13.2 Å². The second-order valence-corrected chi connectivity index (χ2v) is 4.70. The van der Waals surface area contributed by atoms with Crippen LogP contribution in [0.15, 0.2) is 18.2 Å². The summed E-state index contributed by atoms with van der Waals surface area (Å²) in [4.78, 5) is 13.3. The van der Waals surface area contributed by atoms with Crippen LogP contribution in [0.25, 0.3) is 0 Å². The van der Waals surface area contributed by atoms with Crippen molar-refractivity contribution in [2.75, 3.05) is 20.7 Å². The zero-order valence-corrected chi connectivity index (χ0v) is 11.9. The highest BCUT2D eigenvalue weighted by molar-refractivity contribution is 5.77. The molecule has 0 bridgehead atoms. The Morgan fingerprint density at radius 1 is 1.42 bits per heavy atom. The highest BCUT2D eigenvalue weighted by atomic mass is 19.1. The van der Waals surface area contributed by atoms with Gasteiger partial charge in [-0.1, -0.05) is 13.0 Å². The summed E-state index contributed by atoms with van der Waals surface area (Å²) in [6.07, 6.45) is 2.08. The van der Waals surface area contributed by atoms with Gasteiger partial charge in [-0.3, -0.25) is 4.79 Å². The van der Waals surface area contributed by atoms with Crippen molar-refractivity contribution in [3.05, 3.63) is 29.6 Å². The van der Waals surface area contributed by atoms with E-state index in [4.69, 9.17) is 4.74 Å². The molecule has 0 radical (unpaired) electrons. The highest BCUT2D eigenvalue weighted by Crippen LogP contribution is 2.18. The van der Waals surface area contributed by atoms with E-state index in [0.717, 1.165) is 18.5 Å². The second kappa shape index (κ2) is 7.89. The summed E-state index contributed by atoms with van der Waals surface area (Å²) in [5.41, 5.74) is 0.905. The predicted octanol–water partition coefficient (Wildman–Crippen LogP) is 3.03. The van der Waals surface area contributed by atoms with Crippen molar-refractivity contribution in [2.24, 2.45) is 0 Å². The molecule has 0 amide bonds. The average molecular weight is 267 g/mol. The van der Waals surface area contributed by atoms with Gasteiger partial charge < -0.3 is 9.64 Å². The van der Waals surface area contributed by atoms with Crippen molar-refractivity contribution in [1.82, 2.24) is 4.90 Å². The maximum Gasteiger partial charge on any atom is 0.165 e. The largest absolute Gasteiger partial charge is 0.494 e. The van der Waals surface area contributed by atoms with E-state index in [1.807, 2.05) is 20.0 Å². The smallest absolute Gasteiger partial charge is 0.165 e. The van der Waals surface area contributed by atoms with Gasteiger partial charge in [-0.05, 0) is 37.7 Å². The number of benzene rings is 1. The molecule has 0 aliphatic heterocycles. The summed E-state index contributed by atoms with van der Waals surface area (Å²) in [5.74, 6) is 0.221. The first kappa shape index (κ1) is 15.6. The zero-order chi connectivity index (χ0) is 14.3. The number of methoxy groups -OCH3 is 1. The fraction of sp³-hybridized carbons (Fsp3) is 0.533. The van der Waals surface area contributed by atoms with Crippen LogP contribution in [0.4, 0.5) is 4.39 Å². The van der Waals surface area contributed by atoms with Crippen LogP contribution >= 0.6 is 0 Å². The quantitative estimate of drug-likeness (QED) is 0.725. The van der Waals surface area contributed by atoms with Gasteiger partial charge in [0, 0.05) is 19.4 Å². The van der Waals surface area contributed by atoms with Crippen LogP contribution in [-0.2, 0) is 11.3 Å². The van der Waals surface area contributed by atoms with Crippen LogP contribution in [0, 0.1) is 5.82 Å². The van der Waals surface area contributed by atoms with Crippen molar-refractivity contribution < 1.29 is 13.9 Å². The summed E-state index contributed by atoms with van der Waals surface area (Å²) in [5, 5.41) is 0. The van der Waals surface area contributed by atoms with E-state index in [9.17, 15) is 9.18 Å². The zero-order valence-electron chi connectivity index (χ0n) is 11.9. The summed E-state index contributed by atoms with van der Waals surface area (Å²) >= 11 is 0. The molecule has 0 saturated carbocycles. The first-order valence-corrected chi connectivity index (χ1v) is 6.59. The molecule has 0 aliphatic carbocycles. The molecule has 0 atom stereocenters. The molecule has 4 heteroatoms. The summed E-state index contributed by atoms with van der Waals surface area (Å²) in [7, 11) is 3.42. The van der Waals surface area contributed by atoms with Gasteiger partial charge in [0.25, 0.3) is 0 Å². The van der Waals surface area contributed by atoms with Gasteiger partial charge in [0.2, 0.25) is 0 Å². The molecule has 0 aliphatic rings. The fourth-order valence-corrected chi connectivity index (χ4v) is 1.92. The minimum absolute atomic E-state index is 0.264. The van der Waals surface area contributed by atoms with Gasteiger partial charge in [-0.2, -0.15) is 0 Å². The molecule has 0 saturated heterocycles. The average Bonchev–Trinajstić information content (AvgIpc) is 2.38. The minimum Gasteiger partial charge on any atom is -0.494 e. The molecule has 0 heterocycles. The molecule has 0 fully saturated rings. The van der Waals surface area contributed by atoms with Gasteiger partial charge in [0.05, 0.1) is 7.11 Å². The third kappa shape index (κ3) is 5.39. The molecule has 19 heavy (non-hydrogen) atoms. The number of rotatable bonds is 8. The molecule has 3 nitrogen and oxygen atoms in total. The Labute approximate surface area is 114 Å². The first-order chi connectivity index (χ1) is 9.06. The number of nitrogens with zero attached hydrogens (tertiary/aromatic N) is 1. The summed E-state index contributed by atoms with van der Waals surface area (Å²) in [6.45, 7) is 3.38. The van der Waals surface area contributed by atoms with Crippen molar-refractivity contribution in [3.63, 3.8) is 0 Å². The Morgan fingerprint density at radius 3 is 2.74 bits per heavy atom. The fourth-order valence-electron chi connectivity index (χ4n) is 1.92. The summed E-state index contributed by atoms with van der Waals surface area (Å²) in [6, 6.07) is 4.99. The maximum atomic E-state index is 13.5. The van der Waals surface area contributed by atoms with Crippen LogP contribution < -0.4 is 4.74 Å². The Balaban J connectivity index is 2.41. The maximum absolute atomic E-state index is 13.5. The van der Waals surface area contributed by atoms with Crippen LogP contribution in [0.3, 0.4) is 0 Å². The molecule has 0 unspecified atom stereocenters. The lowest BCUT2D eigenvalue weighted by molar-refractivity contribution is -0.118. The standard InChI is InChI=1S/C15H22FNO2/c1-4-13(18)6-5-9-17(2)11-12-7-8-15(19-3)14(16)10-12/h7-8,10H,4-6,9,11H2,1-3H3. The normalized spacial score (nSPS) is 10.8.